The maximum Gasteiger partial charge on any atom is 0.410 e. The summed E-state index contributed by atoms with van der Waals surface area (Å²) in [6.07, 6.45) is 5.44. The topological polar surface area (TPSA) is 104 Å². The molecule has 37 heavy (non-hydrogen) atoms. The Kier molecular flexibility index (Phi) is 6.25. The van der Waals surface area contributed by atoms with Crippen LogP contribution in [0.4, 0.5) is 16.4 Å². The molecule has 3 aromatic rings. The van der Waals surface area contributed by atoms with Crippen molar-refractivity contribution in [3.8, 4) is 0 Å². The summed E-state index contributed by atoms with van der Waals surface area (Å²) in [5.41, 5.74) is 4.40. The number of carbonyl (C=O) groups excluding carboxylic acids is 2. The van der Waals surface area contributed by atoms with E-state index in [0.29, 0.717) is 43.2 Å². The Hall–Kier alpha value is -3.92. The molecule has 2 amide bonds. The van der Waals surface area contributed by atoms with Gasteiger partial charge in [0.25, 0.3) is 5.91 Å². The van der Waals surface area contributed by atoms with Crippen LogP contribution in [0.3, 0.4) is 0 Å². The minimum Gasteiger partial charge on any atom is -0.450 e. The van der Waals surface area contributed by atoms with Crippen molar-refractivity contribution in [3.05, 3.63) is 59.8 Å². The number of amides is 2. The van der Waals surface area contributed by atoms with Crippen LogP contribution in [0, 0.1) is 5.92 Å². The Morgan fingerprint density at radius 3 is 2.81 bits per heavy atom. The molecular formula is C27H31N7O3. The van der Waals surface area contributed by atoms with Crippen LogP contribution in [0.15, 0.2) is 48.7 Å². The molecule has 2 unspecified atom stereocenters. The minimum absolute atomic E-state index is 0.0977. The van der Waals surface area contributed by atoms with Crippen molar-refractivity contribution in [1.82, 2.24) is 29.7 Å². The molecule has 0 spiro atoms. The lowest BCUT2D eigenvalue weighted by Crippen LogP contribution is -2.39. The molecule has 10 nitrogen and oxygen atoms in total. The molecular weight excluding hydrogens is 470 g/mol. The van der Waals surface area contributed by atoms with Crippen LogP contribution in [-0.2, 0) is 4.74 Å². The third-order valence-electron chi connectivity index (χ3n) is 7.54. The smallest absolute Gasteiger partial charge is 0.410 e. The first-order valence-corrected chi connectivity index (χ1v) is 13.0. The van der Waals surface area contributed by atoms with Crippen molar-refractivity contribution < 1.29 is 14.3 Å². The van der Waals surface area contributed by atoms with Gasteiger partial charge in [0.05, 0.1) is 6.61 Å². The zero-order valence-electron chi connectivity index (χ0n) is 20.9. The molecule has 10 heteroatoms. The van der Waals surface area contributed by atoms with Crippen LogP contribution >= 0.6 is 0 Å². The maximum absolute atomic E-state index is 13.1. The van der Waals surface area contributed by atoms with Crippen LogP contribution in [0.2, 0.25) is 0 Å². The number of pyridine rings is 1. The number of hydrogen-bond donors (Lipinski definition) is 2. The number of hydrogen-bond acceptors (Lipinski definition) is 7. The average Bonchev–Trinajstić information content (AvgIpc) is 3.65. The Bertz CT molecular complexity index is 1350. The zero-order chi connectivity index (χ0) is 25.4. The quantitative estimate of drug-likeness (QED) is 0.554. The van der Waals surface area contributed by atoms with Gasteiger partial charge in [-0.2, -0.15) is 4.98 Å². The van der Waals surface area contributed by atoms with Crippen molar-refractivity contribution in [2.75, 3.05) is 44.6 Å². The monoisotopic (exact) mass is 501 g/mol. The Balaban J connectivity index is 1.16. The molecule has 3 aliphatic heterocycles. The van der Waals surface area contributed by atoms with E-state index in [2.05, 4.69) is 21.8 Å². The van der Waals surface area contributed by atoms with E-state index in [4.69, 9.17) is 9.72 Å². The molecule has 0 radical (unpaired) electrons. The summed E-state index contributed by atoms with van der Waals surface area (Å²) >= 11 is 0. The van der Waals surface area contributed by atoms with Crippen molar-refractivity contribution >= 4 is 34.9 Å². The predicted molar refractivity (Wildman–Crippen MR) is 140 cm³/mol. The molecule has 2 N–H and O–H groups in total. The van der Waals surface area contributed by atoms with Crippen LogP contribution in [-0.4, -0.2) is 81.8 Å². The van der Waals surface area contributed by atoms with Crippen molar-refractivity contribution in [2.24, 2.45) is 5.92 Å². The lowest BCUT2D eigenvalue weighted by atomic mass is 10.0. The van der Waals surface area contributed by atoms with Gasteiger partial charge in [-0.25, -0.2) is 9.31 Å². The van der Waals surface area contributed by atoms with Gasteiger partial charge in [0, 0.05) is 61.8 Å². The van der Waals surface area contributed by atoms with E-state index in [1.165, 1.54) is 0 Å². The van der Waals surface area contributed by atoms with Crippen molar-refractivity contribution in [3.63, 3.8) is 0 Å². The zero-order valence-corrected chi connectivity index (χ0v) is 20.9. The van der Waals surface area contributed by atoms with Gasteiger partial charge < -0.3 is 25.2 Å². The number of rotatable bonds is 5. The first-order chi connectivity index (χ1) is 18.1. The molecule has 2 saturated heterocycles. The largest absolute Gasteiger partial charge is 0.450 e. The number of fused-ring (bicyclic) bond motifs is 2. The van der Waals surface area contributed by atoms with E-state index in [-0.39, 0.29) is 12.0 Å². The number of anilines is 2. The van der Waals surface area contributed by atoms with Gasteiger partial charge in [0.2, 0.25) is 5.95 Å². The molecule has 2 aromatic heterocycles. The Morgan fingerprint density at radius 2 is 2.03 bits per heavy atom. The number of carbonyl (C=O) groups is 2. The highest BCUT2D eigenvalue weighted by Gasteiger charge is 2.40. The Morgan fingerprint density at radius 1 is 1.16 bits per heavy atom. The van der Waals surface area contributed by atoms with Gasteiger partial charge in [0.15, 0.2) is 5.65 Å². The second-order valence-corrected chi connectivity index (χ2v) is 9.72. The van der Waals surface area contributed by atoms with Gasteiger partial charge in [-0.05, 0) is 67.7 Å². The van der Waals surface area contributed by atoms with E-state index in [1.54, 1.807) is 9.42 Å². The van der Waals surface area contributed by atoms with Crippen LogP contribution in [0.5, 0.6) is 0 Å². The summed E-state index contributed by atoms with van der Waals surface area (Å²) in [6.45, 7) is 6.02. The van der Waals surface area contributed by atoms with Gasteiger partial charge in [-0.1, -0.05) is 6.08 Å². The average molecular weight is 502 g/mol. The molecule has 0 saturated carbocycles. The standard InChI is InChI=1S/C27H31N7O3/c1-2-37-27(36)32-13-9-18(10-14-32)22-4-3-12-34-24(22)30-26(31-34)29-21-7-5-19(6-8-21)25(35)33-15-11-20-16-28-17-23(20)33/h3-9,12,20,23,28H,2,10-11,13-17H2,1H3,(H,29,31). The lowest BCUT2D eigenvalue weighted by molar-refractivity contribution is 0.0737. The molecule has 0 bridgehead atoms. The molecule has 0 aliphatic carbocycles. The number of aromatic nitrogens is 3. The summed E-state index contributed by atoms with van der Waals surface area (Å²) < 4.78 is 6.87. The molecule has 2 fully saturated rings. The number of likely N-dealkylation sites (tertiary alicyclic amines) is 1. The molecule has 3 aliphatic rings. The highest BCUT2D eigenvalue weighted by molar-refractivity contribution is 5.95. The van der Waals surface area contributed by atoms with Crippen LogP contribution < -0.4 is 10.6 Å². The highest BCUT2D eigenvalue weighted by atomic mass is 16.6. The van der Waals surface area contributed by atoms with Gasteiger partial charge in [-0.15, -0.1) is 5.10 Å². The summed E-state index contributed by atoms with van der Waals surface area (Å²) in [4.78, 5) is 33.5. The van der Waals surface area contributed by atoms with Gasteiger partial charge in [-0.3, -0.25) is 4.79 Å². The number of benzene rings is 1. The van der Waals surface area contributed by atoms with E-state index < -0.39 is 0 Å². The Labute approximate surface area is 215 Å². The summed E-state index contributed by atoms with van der Waals surface area (Å²) in [6, 6.07) is 11.8. The predicted octanol–water partition coefficient (Wildman–Crippen LogP) is 3.15. The summed E-state index contributed by atoms with van der Waals surface area (Å²) in [5.74, 6) is 1.16. The van der Waals surface area contributed by atoms with Gasteiger partial charge in [0.1, 0.15) is 0 Å². The first-order valence-electron chi connectivity index (χ1n) is 13.0. The molecule has 192 valence electrons. The minimum atomic E-state index is -0.280. The number of ether oxygens (including phenoxy) is 1. The van der Waals surface area contributed by atoms with E-state index in [9.17, 15) is 9.59 Å². The van der Waals surface area contributed by atoms with E-state index >= 15 is 0 Å². The summed E-state index contributed by atoms with van der Waals surface area (Å²) in [5, 5.41) is 11.3. The van der Waals surface area contributed by atoms with E-state index in [0.717, 1.165) is 54.9 Å². The van der Waals surface area contributed by atoms with Crippen LogP contribution in [0.25, 0.3) is 11.2 Å². The maximum atomic E-state index is 13.1. The molecule has 5 heterocycles. The first kappa shape index (κ1) is 23.5. The third kappa shape index (κ3) is 4.53. The molecule has 1 aromatic carbocycles. The molecule has 2 atom stereocenters. The summed E-state index contributed by atoms with van der Waals surface area (Å²) in [7, 11) is 0. The normalized spacial score (nSPS) is 21.2. The molecule has 6 rings (SSSR count). The number of nitrogens with one attached hydrogen (secondary N) is 2. The second kappa shape index (κ2) is 9.85. The van der Waals surface area contributed by atoms with Crippen LogP contribution in [0.1, 0.15) is 35.7 Å². The van der Waals surface area contributed by atoms with Gasteiger partial charge >= 0.3 is 6.09 Å². The SMILES string of the molecule is CCOC(=O)N1CC=C(c2cccn3nc(Nc4ccc(C(=O)N5CCC6CNCC65)cc4)nc23)CC1. The number of nitrogens with zero attached hydrogens (tertiary/aromatic N) is 5. The fraction of sp³-hybridized carbons (Fsp3) is 0.407. The second-order valence-electron chi connectivity index (χ2n) is 9.72. The van der Waals surface area contributed by atoms with Crippen molar-refractivity contribution in [1.29, 1.82) is 0 Å². The lowest BCUT2D eigenvalue weighted by Gasteiger charge is -2.25. The van der Waals surface area contributed by atoms with E-state index in [1.807, 2.05) is 54.4 Å². The fourth-order valence-electron chi connectivity index (χ4n) is 5.60. The third-order valence-corrected chi connectivity index (χ3v) is 7.54. The highest BCUT2D eigenvalue weighted by Crippen LogP contribution is 2.29. The van der Waals surface area contributed by atoms with Crippen molar-refractivity contribution in [2.45, 2.75) is 25.8 Å². The fourth-order valence-corrected chi connectivity index (χ4v) is 5.60.